The molecule has 0 bridgehead atoms. The van der Waals surface area contributed by atoms with Crippen molar-refractivity contribution in [2.24, 2.45) is 5.41 Å². The summed E-state index contributed by atoms with van der Waals surface area (Å²) in [5.74, 6) is 0. The van der Waals surface area contributed by atoms with Crippen LogP contribution < -0.4 is 0 Å². The first-order chi connectivity index (χ1) is 8.08. The lowest BCUT2D eigenvalue weighted by Crippen LogP contribution is -2.50. The molecule has 2 nitrogen and oxygen atoms in total. The van der Waals surface area contributed by atoms with E-state index in [1.165, 1.54) is 0 Å². The molecule has 0 saturated carbocycles. The molecule has 0 radical (unpaired) electrons. The molecule has 2 heteroatoms. The van der Waals surface area contributed by atoms with Gasteiger partial charge in [0.15, 0.2) is 0 Å². The molecular weight excluding hydrogens is 220 g/mol. The molecule has 0 unspecified atom stereocenters. The Morgan fingerprint density at radius 1 is 1.06 bits per heavy atom. The van der Waals surface area contributed by atoms with Gasteiger partial charge < -0.3 is 4.85 Å². The number of piperidine rings is 1. The summed E-state index contributed by atoms with van der Waals surface area (Å²) in [6.45, 7) is 23.4. The summed E-state index contributed by atoms with van der Waals surface area (Å²) in [6, 6.07) is 0. The zero-order valence-electron chi connectivity index (χ0n) is 13.1. The second-order valence-corrected chi connectivity index (χ2v) is 8.05. The van der Waals surface area contributed by atoms with Gasteiger partial charge in [-0.25, -0.2) is 6.57 Å². The Hall–Kier alpha value is -0.550. The summed E-state index contributed by atoms with van der Waals surface area (Å²) in [5.41, 5.74) is 0.520. The van der Waals surface area contributed by atoms with Crippen molar-refractivity contribution in [3.8, 4) is 0 Å². The lowest BCUT2D eigenvalue weighted by molar-refractivity contribution is 0.0809. The topological polar surface area (TPSA) is 7.60 Å². The highest BCUT2D eigenvalue weighted by Gasteiger charge is 2.42. The van der Waals surface area contributed by atoms with E-state index in [9.17, 15) is 0 Å². The molecule has 1 saturated heterocycles. The van der Waals surface area contributed by atoms with Gasteiger partial charge >= 0.3 is 0 Å². The number of nitrogens with zero attached hydrogens (tertiary/aromatic N) is 2. The van der Waals surface area contributed by atoms with Crippen molar-refractivity contribution in [3.05, 3.63) is 11.4 Å². The Kier molecular flexibility index (Phi) is 4.49. The van der Waals surface area contributed by atoms with Gasteiger partial charge in [-0.05, 0) is 32.6 Å². The van der Waals surface area contributed by atoms with Crippen molar-refractivity contribution in [2.75, 3.05) is 13.1 Å². The minimum Gasteiger partial charge on any atom is -0.310 e. The monoisotopic (exact) mass is 250 g/mol. The van der Waals surface area contributed by atoms with Gasteiger partial charge in [0, 0.05) is 37.9 Å². The summed E-state index contributed by atoms with van der Waals surface area (Å²) in [4.78, 5) is 6.54. The third kappa shape index (κ3) is 4.28. The van der Waals surface area contributed by atoms with Gasteiger partial charge in [0.1, 0.15) is 0 Å². The number of hydrogen-bond donors (Lipinski definition) is 0. The second kappa shape index (κ2) is 5.21. The van der Waals surface area contributed by atoms with Gasteiger partial charge in [0.25, 0.3) is 0 Å². The number of hydrogen-bond acceptors (Lipinski definition) is 1. The molecule has 0 N–H and O–H groups in total. The smallest absolute Gasteiger partial charge is 0.235 e. The Balaban J connectivity index is 2.59. The minimum absolute atomic E-state index is 0.0744. The van der Waals surface area contributed by atoms with Crippen molar-refractivity contribution in [1.82, 2.24) is 4.90 Å². The molecule has 1 fully saturated rings. The van der Waals surface area contributed by atoms with Crippen molar-refractivity contribution in [3.63, 3.8) is 0 Å². The van der Waals surface area contributed by atoms with Crippen LogP contribution >= 0.6 is 0 Å². The van der Waals surface area contributed by atoms with E-state index in [0.29, 0.717) is 5.41 Å². The highest BCUT2D eigenvalue weighted by atomic mass is 15.2. The molecule has 104 valence electrons. The Bertz CT molecular complexity index is 303. The van der Waals surface area contributed by atoms with Crippen LogP contribution in [0.1, 0.15) is 67.2 Å². The lowest BCUT2D eigenvalue weighted by Gasteiger charge is -2.42. The van der Waals surface area contributed by atoms with Gasteiger partial charge in [-0.15, -0.1) is 0 Å². The van der Waals surface area contributed by atoms with E-state index in [-0.39, 0.29) is 11.1 Å². The molecule has 0 amide bonds. The maximum absolute atomic E-state index is 7.58. The molecule has 0 aromatic carbocycles. The van der Waals surface area contributed by atoms with Crippen LogP contribution in [0.5, 0.6) is 0 Å². The first-order valence-corrected chi connectivity index (χ1v) is 7.22. The largest absolute Gasteiger partial charge is 0.310 e. The number of likely N-dealkylation sites (tertiary alicyclic amines) is 1. The standard InChI is InChI=1S/C16H30N2/c1-14(2,3)8-9-16(17-7)10-12-18(13-11-16)15(4,5)6/h8-13H2,1-6H3. The summed E-state index contributed by atoms with van der Waals surface area (Å²) in [6.07, 6.45) is 4.32. The molecule has 0 aromatic rings. The fourth-order valence-corrected chi connectivity index (χ4v) is 2.62. The van der Waals surface area contributed by atoms with E-state index in [1.807, 2.05) is 0 Å². The first kappa shape index (κ1) is 15.5. The molecule has 0 aliphatic carbocycles. The molecule has 0 spiro atoms. The van der Waals surface area contributed by atoms with E-state index >= 15 is 0 Å². The Morgan fingerprint density at radius 3 is 1.89 bits per heavy atom. The summed E-state index contributed by atoms with van der Waals surface area (Å²) in [5, 5.41) is 0. The average molecular weight is 250 g/mol. The average Bonchev–Trinajstić information content (AvgIpc) is 2.25. The molecule has 1 aliphatic rings. The van der Waals surface area contributed by atoms with Crippen LogP contribution in [-0.2, 0) is 0 Å². The van der Waals surface area contributed by atoms with Crippen molar-refractivity contribution >= 4 is 0 Å². The van der Waals surface area contributed by atoms with E-state index < -0.39 is 0 Å². The Morgan fingerprint density at radius 2 is 1.56 bits per heavy atom. The minimum atomic E-state index is -0.0744. The molecule has 0 aromatic heterocycles. The van der Waals surface area contributed by atoms with Crippen molar-refractivity contribution in [2.45, 2.75) is 78.3 Å². The molecule has 0 atom stereocenters. The van der Waals surface area contributed by atoms with Crippen molar-refractivity contribution < 1.29 is 0 Å². The zero-order chi connectivity index (χ0) is 14.0. The maximum Gasteiger partial charge on any atom is 0.235 e. The van der Waals surface area contributed by atoms with E-state index in [4.69, 9.17) is 6.57 Å². The fraction of sp³-hybridized carbons (Fsp3) is 0.938. The second-order valence-electron chi connectivity index (χ2n) is 8.05. The summed E-state index contributed by atoms with van der Waals surface area (Å²) in [7, 11) is 0. The quantitative estimate of drug-likeness (QED) is 0.661. The highest BCUT2D eigenvalue weighted by molar-refractivity contribution is 5.03. The molecular formula is C16H30N2. The van der Waals surface area contributed by atoms with Gasteiger partial charge in [-0.2, -0.15) is 0 Å². The van der Waals surface area contributed by atoms with Crippen LogP contribution in [0.3, 0.4) is 0 Å². The van der Waals surface area contributed by atoms with Crippen LogP contribution in [0, 0.1) is 12.0 Å². The predicted octanol–water partition coefficient (Wildman–Crippen LogP) is 4.37. The van der Waals surface area contributed by atoms with Gasteiger partial charge in [0.2, 0.25) is 5.54 Å². The summed E-state index contributed by atoms with van der Waals surface area (Å²) >= 11 is 0. The van der Waals surface area contributed by atoms with Crippen LogP contribution in [0.4, 0.5) is 0 Å². The highest BCUT2D eigenvalue weighted by Crippen LogP contribution is 2.36. The van der Waals surface area contributed by atoms with Gasteiger partial charge in [-0.1, -0.05) is 20.8 Å². The number of rotatable bonds is 2. The third-order valence-electron chi connectivity index (χ3n) is 4.22. The van der Waals surface area contributed by atoms with Crippen LogP contribution in [0.25, 0.3) is 4.85 Å². The summed E-state index contributed by atoms with van der Waals surface area (Å²) < 4.78 is 0. The van der Waals surface area contributed by atoms with Crippen LogP contribution in [0.2, 0.25) is 0 Å². The first-order valence-electron chi connectivity index (χ1n) is 7.22. The third-order valence-corrected chi connectivity index (χ3v) is 4.22. The fourth-order valence-electron chi connectivity index (χ4n) is 2.62. The predicted molar refractivity (Wildman–Crippen MR) is 78.6 cm³/mol. The van der Waals surface area contributed by atoms with Crippen LogP contribution in [0.15, 0.2) is 0 Å². The maximum atomic E-state index is 7.58. The molecule has 1 heterocycles. The molecule has 1 rings (SSSR count). The van der Waals surface area contributed by atoms with Crippen LogP contribution in [-0.4, -0.2) is 29.1 Å². The van der Waals surface area contributed by atoms with E-state index in [2.05, 4.69) is 51.3 Å². The zero-order valence-corrected chi connectivity index (χ0v) is 13.1. The van der Waals surface area contributed by atoms with Gasteiger partial charge in [-0.3, -0.25) is 4.90 Å². The van der Waals surface area contributed by atoms with Gasteiger partial charge in [0.05, 0.1) is 0 Å². The normalized spacial score (nSPS) is 21.6. The van der Waals surface area contributed by atoms with E-state index in [0.717, 1.165) is 38.8 Å². The van der Waals surface area contributed by atoms with E-state index in [1.54, 1.807) is 0 Å². The Labute approximate surface area is 114 Å². The van der Waals surface area contributed by atoms with Crippen molar-refractivity contribution in [1.29, 1.82) is 0 Å². The SMILES string of the molecule is [C-]#[N+]C1(CCC(C)(C)C)CCN(C(C)(C)C)CC1. The molecule has 1 aliphatic heterocycles. The molecule has 18 heavy (non-hydrogen) atoms. The lowest BCUT2D eigenvalue weighted by atomic mass is 9.78.